The molecule has 3 amide bonds. The van der Waals surface area contributed by atoms with Crippen molar-refractivity contribution in [3.8, 4) is 0 Å². The van der Waals surface area contributed by atoms with Crippen LogP contribution in [0.2, 0.25) is 0 Å². The maximum Gasteiger partial charge on any atom is 0.333 e. The van der Waals surface area contributed by atoms with E-state index in [1.165, 1.54) is 41.0 Å². The van der Waals surface area contributed by atoms with Crippen molar-refractivity contribution in [3.63, 3.8) is 0 Å². The molecular formula is C16H23N3O4S. The molecule has 0 radical (unpaired) electrons. The van der Waals surface area contributed by atoms with Crippen molar-refractivity contribution >= 4 is 23.3 Å². The molecule has 1 aliphatic carbocycles. The monoisotopic (exact) mass is 353 g/mol. The van der Waals surface area contributed by atoms with E-state index < -0.39 is 6.03 Å². The SMILES string of the molecule is O=C(NC[C@H]1COCCO1)NNC(=O)c1cc2c(s1)CCCCC2. The minimum Gasteiger partial charge on any atom is -0.376 e. The molecule has 0 spiro atoms. The number of fused-ring (bicyclic) bond motifs is 1. The van der Waals surface area contributed by atoms with Gasteiger partial charge in [0.25, 0.3) is 5.91 Å². The Labute approximate surface area is 145 Å². The van der Waals surface area contributed by atoms with E-state index in [1.54, 1.807) is 0 Å². The van der Waals surface area contributed by atoms with E-state index in [9.17, 15) is 9.59 Å². The van der Waals surface area contributed by atoms with Gasteiger partial charge in [0.1, 0.15) is 0 Å². The van der Waals surface area contributed by atoms with Crippen LogP contribution in [0.25, 0.3) is 0 Å². The lowest BCUT2D eigenvalue weighted by Crippen LogP contribution is -2.49. The fourth-order valence-electron chi connectivity index (χ4n) is 2.86. The van der Waals surface area contributed by atoms with E-state index in [0.29, 0.717) is 31.2 Å². The Balaban J connectivity index is 1.42. The van der Waals surface area contributed by atoms with Gasteiger partial charge in [-0.1, -0.05) is 6.42 Å². The molecule has 132 valence electrons. The molecule has 1 aromatic rings. The molecule has 0 aromatic carbocycles. The molecule has 0 unspecified atom stereocenters. The highest BCUT2D eigenvalue weighted by Gasteiger charge is 2.18. The highest BCUT2D eigenvalue weighted by Crippen LogP contribution is 2.28. The second kappa shape index (κ2) is 8.46. The van der Waals surface area contributed by atoms with E-state index in [-0.39, 0.29) is 12.0 Å². The molecule has 0 saturated carbocycles. The van der Waals surface area contributed by atoms with Gasteiger partial charge in [-0.05, 0) is 37.3 Å². The van der Waals surface area contributed by atoms with E-state index in [0.717, 1.165) is 12.8 Å². The van der Waals surface area contributed by atoms with Crippen molar-refractivity contribution in [3.05, 3.63) is 21.4 Å². The first-order chi connectivity index (χ1) is 11.7. The number of thiophene rings is 1. The number of nitrogens with one attached hydrogen (secondary N) is 3. The summed E-state index contributed by atoms with van der Waals surface area (Å²) in [4.78, 5) is 25.8. The molecule has 8 heteroatoms. The summed E-state index contributed by atoms with van der Waals surface area (Å²) in [7, 11) is 0. The number of hydrazine groups is 1. The van der Waals surface area contributed by atoms with E-state index in [1.807, 2.05) is 6.07 Å². The average molecular weight is 353 g/mol. The standard InChI is InChI=1S/C16H23N3O4S/c20-15(14-8-11-4-2-1-3-5-13(11)24-14)18-19-16(21)17-9-12-10-22-6-7-23-12/h8,12H,1-7,9-10H2,(H,18,20)(H2,17,19,21)/t12-/m0/s1. The molecular weight excluding hydrogens is 330 g/mol. The zero-order valence-electron chi connectivity index (χ0n) is 13.6. The van der Waals surface area contributed by atoms with Crippen LogP contribution >= 0.6 is 11.3 Å². The Kier molecular flexibility index (Phi) is 6.06. The third-order valence-corrected chi connectivity index (χ3v) is 5.37. The molecule has 1 saturated heterocycles. The Morgan fingerprint density at radius 1 is 1.17 bits per heavy atom. The zero-order chi connectivity index (χ0) is 16.8. The van der Waals surface area contributed by atoms with Crippen molar-refractivity contribution < 1.29 is 19.1 Å². The summed E-state index contributed by atoms with van der Waals surface area (Å²) in [6, 6.07) is 1.49. The van der Waals surface area contributed by atoms with Crippen molar-refractivity contribution in [2.24, 2.45) is 0 Å². The molecule has 2 aliphatic rings. The summed E-state index contributed by atoms with van der Waals surface area (Å²) in [5.41, 5.74) is 6.10. The highest BCUT2D eigenvalue weighted by molar-refractivity contribution is 7.14. The van der Waals surface area contributed by atoms with Crippen LogP contribution in [0.5, 0.6) is 0 Å². The normalized spacial score (nSPS) is 20.6. The molecule has 3 N–H and O–H groups in total. The number of hydrogen-bond acceptors (Lipinski definition) is 5. The highest BCUT2D eigenvalue weighted by atomic mass is 32.1. The molecule has 1 atom stereocenters. The van der Waals surface area contributed by atoms with E-state index >= 15 is 0 Å². The van der Waals surface area contributed by atoms with Gasteiger partial charge in [-0.25, -0.2) is 10.2 Å². The van der Waals surface area contributed by atoms with Crippen molar-refractivity contribution in [1.82, 2.24) is 16.2 Å². The minimum atomic E-state index is -0.462. The Bertz CT molecular complexity index is 560. The third kappa shape index (κ3) is 4.68. The number of carbonyl (C=O) groups is 2. The minimum absolute atomic E-state index is 0.145. The van der Waals surface area contributed by atoms with Crippen molar-refractivity contribution in [2.75, 3.05) is 26.4 Å². The van der Waals surface area contributed by atoms with Crippen LogP contribution in [0.4, 0.5) is 4.79 Å². The third-order valence-electron chi connectivity index (χ3n) is 4.14. The van der Waals surface area contributed by atoms with Gasteiger partial charge < -0.3 is 14.8 Å². The molecule has 1 fully saturated rings. The number of aryl methyl sites for hydroxylation is 2. The first-order valence-electron chi connectivity index (χ1n) is 8.37. The molecule has 2 heterocycles. The van der Waals surface area contributed by atoms with E-state index in [4.69, 9.17) is 9.47 Å². The molecule has 7 nitrogen and oxygen atoms in total. The lowest BCUT2D eigenvalue weighted by atomic mass is 10.1. The fourth-order valence-corrected chi connectivity index (χ4v) is 4.01. The molecule has 0 bridgehead atoms. The number of rotatable bonds is 3. The number of amides is 3. The van der Waals surface area contributed by atoms with Crippen LogP contribution in [0, 0.1) is 0 Å². The van der Waals surface area contributed by atoms with Gasteiger partial charge in [-0.2, -0.15) is 0 Å². The maximum atomic E-state index is 12.2. The number of hydrogen-bond donors (Lipinski definition) is 3. The lowest BCUT2D eigenvalue weighted by Gasteiger charge is -2.23. The summed E-state index contributed by atoms with van der Waals surface area (Å²) in [6.07, 6.45) is 5.55. The topological polar surface area (TPSA) is 88.7 Å². The average Bonchev–Trinajstić information content (AvgIpc) is 2.89. The largest absolute Gasteiger partial charge is 0.376 e. The second-order valence-electron chi connectivity index (χ2n) is 5.98. The summed E-state index contributed by atoms with van der Waals surface area (Å²) in [5.74, 6) is -0.277. The predicted octanol–water partition coefficient (Wildman–Crippen LogP) is 1.38. The summed E-state index contributed by atoms with van der Waals surface area (Å²) < 4.78 is 10.7. The van der Waals surface area contributed by atoms with Crippen LogP contribution in [-0.4, -0.2) is 44.4 Å². The molecule has 1 aliphatic heterocycles. The smallest absolute Gasteiger partial charge is 0.333 e. The van der Waals surface area contributed by atoms with Crippen LogP contribution in [0.1, 0.15) is 39.4 Å². The van der Waals surface area contributed by atoms with Gasteiger partial charge in [0.15, 0.2) is 0 Å². The molecule has 1 aromatic heterocycles. The van der Waals surface area contributed by atoms with Crippen LogP contribution in [0.3, 0.4) is 0 Å². The van der Waals surface area contributed by atoms with Gasteiger partial charge >= 0.3 is 6.03 Å². The van der Waals surface area contributed by atoms with E-state index in [2.05, 4.69) is 16.2 Å². The number of carbonyl (C=O) groups excluding carboxylic acids is 2. The zero-order valence-corrected chi connectivity index (χ0v) is 14.4. The van der Waals surface area contributed by atoms with Gasteiger partial charge in [0, 0.05) is 11.4 Å². The summed E-state index contributed by atoms with van der Waals surface area (Å²) in [6.45, 7) is 1.93. The van der Waals surface area contributed by atoms with Gasteiger partial charge in [0.2, 0.25) is 0 Å². The van der Waals surface area contributed by atoms with Crippen molar-refractivity contribution in [1.29, 1.82) is 0 Å². The van der Waals surface area contributed by atoms with Crippen LogP contribution < -0.4 is 16.2 Å². The van der Waals surface area contributed by atoms with Crippen molar-refractivity contribution in [2.45, 2.75) is 38.2 Å². The summed E-state index contributed by atoms with van der Waals surface area (Å²) >= 11 is 1.52. The van der Waals surface area contributed by atoms with Gasteiger partial charge in [-0.15, -0.1) is 11.3 Å². The number of ether oxygens (including phenoxy) is 2. The molecule has 24 heavy (non-hydrogen) atoms. The predicted molar refractivity (Wildman–Crippen MR) is 90.1 cm³/mol. The Morgan fingerprint density at radius 3 is 2.88 bits per heavy atom. The quantitative estimate of drug-likeness (QED) is 0.566. The molecule has 3 rings (SSSR count). The van der Waals surface area contributed by atoms with Crippen LogP contribution in [0.15, 0.2) is 6.07 Å². The van der Waals surface area contributed by atoms with Gasteiger partial charge in [0.05, 0.1) is 30.8 Å². The van der Waals surface area contributed by atoms with Gasteiger partial charge in [-0.3, -0.25) is 10.2 Å². The number of urea groups is 1. The first-order valence-corrected chi connectivity index (χ1v) is 9.19. The first kappa shape index (κ1) is 17.2. The fraction of sp³-hybridized carbons (Fsp3) is 0.625. The van der Waals surface area contributed by atoms with Crippen LogP contribution in [-0.2, 0) is 22.3 Å². The lowest BCUT2D eigenvalue weighted by molar-refractivity contribution is -0.0853. The summed E-state index contributed by atoms with van der Waals surface area (Å²) in [5, 5.41) is 2.65. The second-order valence-corrected chi connectivity index (χ2v) is 7.11. The Morgan fingerprint density at radius 2 is 2.04 bits per heavy atom. The Hall–Kier alpha value is -1.64. The maximum absolute atomic E-state index is 12.2.